The molecular formula is C12H15BrN2O3. The second kappa shape index (κ2) is 4.68. The molecule has 2 aliphatic heterocycles. The molecule has 2 saturated heterocycles. The number of nitrogens with zero attached hydrogens (tertiary/aromatic N) is 1. The molecule has 1 aromatic rings. The predicted molar refractivity (Wildman–Crippen MR) is 68.6 cm³/mol. The van der Waals surface area contributed by atoms with Gasteiger partial charge in [-0.05, 0) is 22.9 Å². The molecule has 2 fully saturated rings. The van der Waals surface area contributed by atoms with Crippen molar-refractivity contribution < 1.29 is 13.9 Å². The predicted octanol–water partition coefficient (Wildman–Crippen LogP) is 1.16. The highest BCUT2D eigenvalue weighted by Gasteiger charge is 2.39. The van der Waals surface area contributed by atoms with Gasteiger partial charge in [-0.3, -0.25) is 4.79 Å². The van der Waals surface area contributed by atoms with Gasteiger partial charge < -0.3 is 19.4 Å². The summed E-state index contributed by atoms with van der Waals surface area (Å²) in [6.07, 6.45) is 0.123. The molecule has 2 atom stereocenters. The fourth-order valence-electron chi connectivity index (χ4n) is 2.66. The quantitative estimate of drug-likeness (QED) is 0.845. The van der Waals surface area contributed by atoms with E-state index in [0.717, 1.165) is 13.1 Å². The van der Waals surface area contributed by atoms with E-state index in [0.29, 0.717) is 29.1 Å². The summed E-state index contributed by atoms with van der Waals surface area (Å²) in [5.74, 6) is 0.685. The number of rotatable bonds is 1. The maximum Gasteiger partial charge on any atom is 0.257 e. The second-order valence-corrected chi connectivity index (χ2v) is 5.44. The van der Waals surface area contributed by atoms with Gasteiger partial charge in [-0.1, -0.05) is 0 Å². The van der Waals surface area contributed by atoms with Crippen molar-refractivity contribution in [2.45, 2.75) is 19.1 Å². The Morgan fingerprint density at radius 1 is 1.56 bits per heavy atom. The fourth-order valence-corrected chi connectivity index (χ4v) is 3.13. The molecule has 18 heavy (non-hydrogen) atoms. The Bertz CT molecular complexity index is 474. The number of halogens is 1. The Balaban J connectivity index is 1.85. The zero-order valence-electron chi connectivity index (χ0n) is 10.1. The minimum atomic E-state index is 0.0314. The standard InChI is InChI=1S/C12H15BrN2O3/c1-7-8(4-11(13)18-7)12(16)15-2-3-17-10-6-14-5-9(10)15/h4,9-10,14H,2-3,5-6H2,1H3/t9-,10+/m0/s1. The van der Waals surface area contributed by atoms with E-state index in [1.165, 1.54) is 0 Å². The lowest BCUT2D eigenvalue weighted by atomic mass is 10.1. The highest BCUT2D eigenvalue weighted by atomic mass is 79.9. The van der Waals surface area contributed by atoms with Gasteiger partial charge in [-0.15, -0.1) is 0 Å². The van der Waals surface area contributed by atoms with Crippen molar-refractivity contribution in [3.63, 3.8) is 0 Å². The molecule has 0 spiro atoms. The van der Waals surface area contributed by atoms with Gasteiger partial charge in [0.1, 0.15) is 5.76 Å². The molecule has 3 heterocycles. The summed E-state index contributed by atoms with van der Waals surface area (Å²) in [5.41, 5.74) is 0.634. The number of aryl methyl sites for hydroxylation is 1. The zero-order chi connectivity index (χ0) is 12.7. The highest BCUT2D eigenvalue weighted by molar-refractivity contribution is 9.10. The lowest BCUT2D eigenvalue weighted by molar-refractivity contribution is -0.0365. The Morgan fingerprint density at radius 3 is 3.11 bits per heavy atom. The van der Waals surface area contributed by atoms with E-state index in [-0.39, 0.29) is 18.1 Å². The Morgan fingerprint density at radius 2 is 2.39 bits per heavy atom. The van der Waals surface area contributed by atoms with Gasteiger partial charge in [-0.2, -0.15) is 0 Å². The van der Waals surface area contributed by atoms with Crippen molar-refractivity contribution in [1.82, 2.24) is 10.2 Å². The highest BCUT2D eigenvalue weighted by Crippen LogP contribution is 2.25. The zero-order valence-corrected chi connectivity index (χ0v) is 11.7. The van der Waals surface area contributed by atoms with Gasteiger partial charge in [-0.25, -0.2) is 0 Å². The van der Waals surface area contributed by atoms with Gasteiger partial charge >= 0.3 is 0 Å². The van der Waals surface area contributed by atoms with Gasteiger partial charge in [0.25, 0.3) is 5.91 Å². The summed E-state index contributed by atoms with van der Waals surface area (Å²) in [7, 11) is 0. The van der Waals surface area contributed by atoms with E-state index in [1.54, 1.807) is 6.07 Å². The molecule has 0 aromatic carbocycles. The molecule has 6 heteroatoms. The number of morpholine rings is 1. The van der Waals surface area contributed by atoms with Crippen LogP contribution in [-0.2, 0) is 4.74 Å². The van der Waals surface area contributed by atoms with Crippen LogP contribution in [0.15, 0.2) is 15.2 Å². The van der Waals surface area contributed by atoms with Crippen molar-refractivity contribution in [2.24, 2.45) is 0 Å². The van der Waals surface area contributed by atoms with Crippen LogP contribution in [0.25, 0.3) is 0 Å². The largest absolute Gasteiger partial charge is 0.454 e. The first-order valence-electron chi connectivity index (χ1n) is 6.06. The van der Waals surface area contributed by atoms with E-state index >= 15 is 0 Å². The lowest BCUT2D eigenvalue weighted by Gasteiger charge is -2.36. The van der Waals surface area contributed by atoms with Crippen LogP contribution < -0.4 is 5.32 Å². The molecule has 3 rings (SSSR count). The topological polar surface area (TPSA) is 54.7 Å². The van der Waals surface area contributed by atoms with Crippen LogP contribution >= 0.6 is 15.9 Å². The molecule has 0 unspecified atom stereocenters. The summed E-state index contributed by atoms with van der Waals surface area (Å²) >= 11 is 3.26. The van der Waals surface area contributed by atoms with Crippen molar-refractivity contribution in [3.8, 4) is 0 Å². The Labute approximate surface area is 114 Å². The minimum Gasteiger partial charge on any atom is -0.454 e. The Kier molecular flexibility index (Phi) is 3.17. The summed E-state index contributed by atoms with van der Waals surface area (Å²) < 4.78 is 11.6. The maximum absolute atomic E-state index is 12.5. The summed E-state index contributed by atoms with van der Waals surface area (Å²) in [4.78, 5) is 14.4. The van der Waals surface area contributed by atoms with Crippen molar-refractivity contribution >= 4 is 21.8 Å². The van der Waals surface area contributed by atoms with Gasteiger partial charge in [0.15, 0.2) is 4.67 Å². The third-order valence-electron chi connectivity index (χ3n) is 3.57. The number of nitrogens with one attached hydrogen (secondary N) is 1. The number of carbonyl (C=O) groups excluding carboxylic acids is 1. The van der Waals surface area contributed by atoms with Crippen LogP contribution in [-0.4, -0.2) is 49.2 Å². The molecule has 0 aliphatic carbocycles. The number of amides is 1. The fraction of sp³-hybridized carbons (Fsp3) is 0.583. The molecule has 1 N–H and O–H groups in total. The molecule has 5 nitrogen and oxygen atoms in total. The maximum atomic E-state index is 12.5. The monoisotopic (exact) mass is 314 g/mol. The third kappa shape index (κ3) is 1.98. The molecule has 0 bridgehead atoms. The van der Waals surface area contributed by atoms with Crippen LogP contribution in [0.3, 0.4) is 0 Å². The average Bonchev–Trinajstić information content (AvgIpc) is 2.94. The first kappa shape index (κ1) is 12.2. The van der Waals surface area contributed by atoms with E-state index < -0.39 is 0 Å². The van der Waals surface area contributed by atoms with Gasteiger partial charge in [0, 0.05) is 25.7 Å². The van der Waals surface area contributed by atoms with Crippen LogP contribution in [0.4, 0.5) is 0 Å². The van der Waals surface area contributed by atoms with Gasteiger partial charge in [0.2, 0.25) is 0 Å². The summed E-state index contributed by atoms with van der Waals surface area (Å²) in [5, 5.41) is 3.27. The number of carbonyl (C=O) groups is 1. The second-order valence-electron chi connectivity index (χ2n) is 4.65. The van der Waals surface area contributed by atoms with E-state index in [2.05, 4.69) is 21.2 Å². The first-order chi connectivity index (χ1) is 8.66. The van der Waals surface area contributed by atoms with Crippen LogP contribution in [0.2, 0.25) is 0 Å². The number of hydrogen-bond acceptors (Lipinski definition) is 4. The smallest absolute Gasteiger partial charge is 0.257 e. The van der Waals surface area contributed by atoms with Crippen molar-refractivity contribution in [3.05, 3.63) is 22.1 Å². The summed E-state index contributed by atoms with van der Waals surface area (Å²) in [6.45, 7) is 4.68. The lowest BCUT2D eigenvalue weighted by Crippen LogP contribution is -2.53. The normalized spacial score (nSPS) is 27.3. The van der Waals surface area contributed by atoms with E-state index in [9.17, 15) is 4.79 Å². The first-order valence-corrected chi connectivity index (χ1v) is 6.85. The third-order valence-corrected chi connectivity index (χ3v) is 3.96. The van der Waals surface area contributed by atoms with E-state index in [1.807, 2.05) is 11.8 Å². The number of hydrogen-bond donors (Lipinski definition) is 1. The van der Waals surface area contributed by atoms with Crippen LogP contribution in [0.5, 0.6) is 0 Å². The molecule has 98 valence electrons. The number of furan rings is 1. The minimum absolute atomic E-state index is 0.0314. The molecule has 0 radical (unpaired) electrons. The SMILES string of the molecule is Cc1oc(Br)cc1C(=O)N1CCO[C@@H]2CNC[C@@H]21. The Hall–Kier alpha value is -0.850. The number of fused-ring (bicyclic) bond motifs is 1. The molecule has 0 saturated carbocycles. The van der Waals surface area contributed by atoms with Crippen LogP contribution in [0.1, 0.15) is 16.1 Å². The van der Waals surface area contributed by atoms with Gasteiger partial charge in [0.05, 0.1) is 24.3 Å². The average molecular weight is 315 g/mol. The number of ether oxygens (including phenoxy) is 1. The summed E-state index contributed by atoms with van der Waals surface area (Å²) in [6, 6.07) is 1.88. The molecule has 1 aromatic heterocycles. The molecular weight excluding hydrogens is 300 g/mol. The van der Waals surface area contributed by atoms with E-state index in [4.69, 9.17) is 9.15 Å². The van der Waals surface area contributed by atoms with Crippen molar-refractivity contribution in [2.75, 3.05) is 26.2 Å². The van der Waals surface area contributed by atoms with Crippen LogP contribution in [0, 0.1) is 6.92 Å². The molecule has 2 aliphatic rings. The molecule has 1 amide bonds. The van der Waals surface area contributed by atoms with Crippen molar-refractivity contribution in [1.29, 1.82) is 0 Å².